The smallest absolute Gasteiger partial charge is 0.261 e. The van der Waals surface area contributed by atoms with Crippen LogP contribution in [0.4, 0.5) is 11.6 Å². The maximum Gasteiger partial charge on any atom is 0.261 e. The number of aromatic nitrogens is 2. The van der Waals surface area contributed by atoms with Crippen molar-refractivity contribution in [2.75, 3.05) is 22.7 Å². The molecule has 2 aromatic carbocycles. The van der Waals surface area contributed by atoms with Crippen LogP contribution in [0.5, 0.6) is 11.5 Å². The monoisotopic (exact) mass is 396 g/mol. The van der Waals surface area contributed by atoms with Crippen LogP contribution in [0.15, 0.2) is 71.9 Å². The van der Waals surface area contributed by atoms with E-state index in [9.17, 15) is 8.42 Å². The summed E-state index contributed by atoms with van der Waals surface area (Å²) in [4.78, 5) is 10.8. The van der Waals surface area contributed by atoms with Crippen molar-refractivity contribution in [1.82, 2.24) is 9.97 Å². The zero-order valence-electron chi connectivity index (χ0n) is 15.2. The molecule has 2 heterocycles. The predicted molar refractivity (Wildman–Crippen MR) is 107 cm³/mol. The highest BCUT2D eigenvalue weighted by molar-refractivity contribution is 7.92. The van der Waals surface area contributed by atoms with Gasteiger partial charge in [0.05, 0.1) is 23.0 Å². The Bertz CT molecular complexity index is 1020. The van der Waals surface area contributed by atoms with E-state index < -0.39 is 10.0 Å². The largest absolute Gasteiger partial charge is 0.457 e. The SMILES string of the molecule is O=S(=O)(Nc1cnc(N2CCCC2)nc1)c1ccc(Oc2ccccc2)cc1. The van der Waals surface area contributed by atoms with E-state index in [2.05, 4.69) is 19.6 Å². The van der Waals surface area contributed by atoms with Gasteiger partial charge in [0, 0.05) is 13.1 Å². The Labute approximate surface area is 164 Å². The van der Waals surface area contributed by atoms with Crippen LogP contribution in [0, 0.1) is 0 Å². The Morgan fingerprint density at radius 3 is 2.11 bits per heavy atom. The average molecular weight is 396 g/mol. The number of ether oxygens (including phenoxy) is 1. The lowest BCUT2D eigenvalue weighted by molar-refractivity contribution is 0.482. The predicted octanol–water partition coefficient (Wildman–Crippen LogP) is 3.67. The lowest BCUT2D eigenvalue weighted by Gasteiger charge is -2.15. The van der Waals surface area contributed by atoms with Gasteiger partial charge in [0.25, 0.3) is 10.0 Å². The van der Waals surface area contributed by atoms with Gasteiger partial charge >= 0.3 is 0 Å². The van der Waals surface area contributed by atoms with Crippen molar-refractivity contribution in [1.29, 1.82) is 0 Å². The van der Waals surface area contributed by atoms with Gasteiger partial charge in [0.15, 0.2) is 0 Å². The van der Waals surface area contributed by atoms with Crippen LogP contribution in [-0.4, -0.2) is 31.5 Å². The summed E-state index contributed by atoms with van der Waals surface area (Å²) in [6, 6.07) is 15.5. The molecule has 3 aromatic rings. The van der Waals surface area contributed by atoms with Gasteiger partial charge in [-0.25, -0.2) is 18.4 Å². The van der Waals surface area contributed by atoms with Crippen LogP contribution >= 0.6 is 0 Å². The van der Waals surface area contributed by atoms with Gasteiger partial charge in [-0.3, -0.25) is 4.72 Å². The molecule has 0 radical (unpaired) electrons. The van der Waals surface area contributed by atoms with Crippen molar-refractivity contribution in [3.8, 4) is 11.5 Å². The van der Waals surface area contributed by atoms with Gasteiger partial charge in [0.2, 0.25) is 5.95 Å². The van der Waals surface area contributed by atoms with Crippen LogP contribution < -0.4 is 14.4 Å². The normalized spacial score (nSPS) is 14.1. The number of nitrogens with one attached hydrogen (secondary N) is 1. The molecular formula is C20H20N4O3S. The van der Waals surface area contributed by atoms with Crippen molar-refractivity contribution in [3.05, 3.63) is 67.0 Å². The fraction of sp³-hybridized carbons (Fsp3) is 0.200. The summed E-state index contributed by atoms with van der Waals surface area (Å²) in [7, 11) is -3.73. The first-order chi connectivity index (χ1) is 13.6. The lowest BCUT2D eigenvalue weighted by atomic mass is 10.3. The molecule has 1 aliphatic heterocycles. The van der Waals surface area contributed by atoms with Crippen LogP contribution in [0.25, 0.3) is 0 Å². The summed E-state index contributed by atoms with van der Waals surface area (Å²) in [6.45, 7) is 1.87. The summed E-state index contributed by atoms with van der Waals surface area (Å²) in [6.07, 6.45) is 5.24. The molecule has 8 heteroatoms. The molecule has 4 rings (SSSR count). The first kappa shape index (κ1) is 18.2. The minimum atomic E-state index is -3.73. The molecule has 1 fully saturated rings. The standard InChI is InChI=1S/C20H20N4O3S/c25-28(26,23-16-14-21-20(22-15-16)24-12-4-5-13-24)19-10-8-18(9-11-19)27-17-6-2-1-3-7-17/h1-3,6-11,14-15,23H,4-5,12-13H2. The van der Waals surface area contributed by atoms with Crippen LogP contribution in [-0.2, 0) is 10.0 Å². The zero-order chi connectivity index (χ0) is 19.4. The fourth-order valence-electron chi connectivity index (χ4n) is 2.98. The minimum Gasteiger partial charge on any atom is -0.457 e. The van der Waals surface area contributed by atoms with E-state index in [1.807, 2.05) is 30.3 Å². The zero-order valence-corrected chi connectivity index (χ0v) is 16.0. The Balaban J connectivity index is 1.44. The van der Waals surface area contributed by atoms with Crippen LogP contribution in [0.2, 0.25) is 0 Å². The van der Waals surface area contributed by atoms with Gasteiger partial charge in [0.1, 0.15) is 11.5 Å². The Hall–Kier alpha value is -3.13. The van der Waals surface area contributed by atoms with Crippen molar-refractivity contribution in [3.63, 3.8) is 0 Å². The minimum absolute atomic E-state index is 0.136. The quantitative estimate of drug-likeness (QED) is 0.684. The van der Waals surface area contributed by atoms with Gasteiger partial charge in [-0.2, -0.15) is 0 Å². The van der Waals surface area contributed by atoms with Gasteiger partial charge in [-0.15, -0.1) is 0 Å². The second kappa shape index (κ2) is 7.85. The van der Waals surface area contributed by atoms with Crippen LogP contribution in [0.3, 0.4) is 0 Å². The summed E-state index contributed by atoms with van der Waals surface area (Å²) in [5.41, 5.74) is 0.326. The highest BCUT2D eigenvalue weighted by Crippen LogP contribution is 2.24. The highest BCUT2D eigenvalue weighted by Gasteiger charge is 2.17. The molecule has 0 saturated carbocycles. The number of sulfonamides is 1. The molecule has 1 saturated heterocycles. The first-order valence-electron chi connectivity index (χ1n) is 9.03. The maximum absolute atomic E-state index is 12.6. The van der Waals surface area contributed by atoms with E-state index in [0.29, 0.717) is 23.1 Å². The molecule has 0 unspecified atom stereocenters. The Kier molecular flexibility index (Phi) is 5.12. The van der Waals surface area contributed by atoms with E-state index in [1.165, 1.54) is 24.5 Å². The lowest BCUT2D eigenvalue weighted by Crippen LogP contribution is -2.20. The second-order valence-electron chi connectivity index (χ2n) is 6.46. The molecule has 0 atom stereocenters. The van der Waals surface area contributed by atoms with Crippen LogP contribution in [0.1, 0.15) is 12.8 Å². The summed E-state index contributed by atoms with van der Waals surface area (Å²) < 4.78 is 33.4. The Morgan fingerprint density at radius 1 is 0.857 bits per heavy atom. The number of nitrogens with zero attached hydrogens (tertiary/aromatic N) is 3. The molecule has 0 spiro atoms. The van der Waals surface area contributed by atoms with E-state index in [0.717, 1.165) is 25.9 Å². The summed E-state index contributed by atoms with van der Waals surface area (Å²) >= 11 is 0. The second-order valence-corrected chi connectivity index (χ2v) is 8.14. The van der Waals surface area contributed by atoms with E-state index in [1.54, 1.807) is 12.1 Å². The maximum atomic E-state index is 12.6. The molecule has 144 valence electrons. The van der Waals surface area contributed by atoms with Gasteiger partial charge < -0.3 is 9.64 Å². The molecule has 1 aromatic heterocycles. The average Bonchev–Trinajstić information content (AvgIpc) is 3.24. The number of hydrogen-bond donors (Lipinski definition) is 1. The molecule has 0 amide bonds. The van der Waals surface area contributed by atoms with Crippen molar-refractivity contribution in [2.24, 2.45) is 0 Å². The highest BCUT2D eigenvalue weighted by atomic mass is 32.2. The topological polar surface area (TPSA) is 84.4 Å². The number of rotatable bonds is 6. The number of para-hydroxylation sites is 1. The fourth-order valence-corrected chi connectivity index (χ4v) is 4.01. The number of benzene rings is 2. The summed E-state index contributed by atoms with van der Waals surface area (Å²) in [5.74, 6) is 1.87. The molecule has 0 bridgehead atoms. The molecule has 1 aliphatic rings. The van der Waals surface area contributed by atoms with Crippen molar-refractivity contribution < 1.29 is 13.2 Å². The summed E-state index contributed by atoms with van der Waals surface area (Å²) in [5, 5.41) is 0. The van der Waals surface area contributed by atoms with Gasteiger partial charge in [-0.1, -0.05) is 18.2 Å². The molecule has 28 heavy (non-hydrogen) atoms. The Morgan fingerprint density at radius 2 is 1.46 bits per heavy atom. The third-order valence-electron chi connectivity index (χ3n) is 4.39. The van der Waals surface area contributed by atoms with E-state index >= 15 is 0 Å². The number of anilines is 2. The third kappa shape index (κ3) is 4.23. The molecule has 1 N–H and O–H groups in total. The van der Waals surface area contributed by atoms with E-state index in [-0.39, 0.29) is 4.90 Å². The molecule has 7 nitrogen and oxygen atoms in total. The van der Waals surface area contributed by atoms with Crippen molar-refractivity contribution >= 4 is 21.7 Å². The van der Waals surface area contributed by atoms with E-state index in [4.69, 9.17) is 4.74 Å². The number of hydrogen-bond acceptors (Lipinski definition) is 6. The van der Waals surface area contributed by atoms with Crippen molar-refractivity contribution in [2.45, 2.75) is 17.7 Å². The third-order valence-corrected chi connectivity index (χ3v) is 5.79. The van der Waals surface area contributed by atoms with Gasteiger partial charge in [-0.05, 0) is 49.2 Å². The molecule has 0 aliphatic carbocycles. The molecular weight excluding hydrogens is 376 g/mol. The first-order valence-corrected chi connectivity index (χ1v) is 10.5.